The second-order valence-electron chi connectivity index (χ2n) is 9.20. The number of aliphatic imine (C=N–C) groups is 1. The molecule has 0 bridgehead atoms. The van der Waals surface area contributed by atoms with Crippen molar-refractivity contribution in [2.24, 2.45) is 10.1 Å². The molecule has 1 aliphatic heterocycles. The topological polar surface area (TPSA) is 63.4 Å². The maximum atomic E-state index is 15.2. The van der Waals surface area contributed by atoms with Crippen molar-refractivity contribution in [2.45, 2.75) is 6.18 Å². The van der Waals surface area contributed by atoms with Crippen LogP contribution in [0, 0.1) is 23.3 Å². The minimum absolute atomic E-state index is 0.0853. The van der Waals surface area contributed by atoms with Gasteiger partial charge in [0.15, 0.2) is 0 Å². The van der Waals surface area contributed by atoms with Crippen LogP contribution in [0.3, 0.4) is 0 Å². The highest BCUT2D eigenvalue weighted by Gasteiger charge is 2.57. The minimum atomic E-state index is -5.09. The van der Waals surface area contributed by atoms with E-state index in [-0.39, 0.29) is 39.6 Å². The molecule has 6 nitrogen and oxygen atoms in total. The molecule has 5 aromatic rings. The van der Waals surface area contributed by atoms with Gasteiger partial charge in [0.1, 0.15) is 29.0 Å². The second-order valence-corrected chi connectivity index (χ2v) is 9.20. The van der Waals surface area contributed by atoms with Crippen LogP contribution in [-0.2, 0) is 0 Å². The largest absolute Gasteiger partial charge is 0.457 e. The van der Waals surface area contributed by atoms with E-state index >= 15 is 8.78 Å². The summed E-state index contributed by atoms with van der Waals surface area (Å²) < 4.78 is 99.9. The fraction of sp³-hybridized carbons (Fsp3) is 0.0333. The van der Waals surface area contributed by atoms with Crippen LogP contribution in [0.5, 0.6) is 0 Å². The first-order chi connectivity index (χ1) is 20.6. The van der Waals surface area contributed by atoms with Crippen molar-refractivity contribution < 1.29 is 30.7 Å². The summed E-state index contributed by atoms with van der Waals surface area (Å²) in [6.45, 7) is 0. The molecule has 0 spiro atoms. The van der Waals surface area contributed by atoms with E-state index in [1.807, 2.05) is 0 Å². The van der Waals surface area contributed by atoms with Gasteiger partial charge in [-0.25, -0.2) is 32.5 Å². The van der Waals surface area contributed by atoms with Gasteiger partial charge in [-0.1, -0.05) is 6.07 Å². The van der Waals surface area contributed by atoms with Crippen LogP contribution in [0.4, 0.5) is 42.4 Å². The van der Waals surface area contributed by atoms with Gasteiger partial charge in [0.25, 0.3) is 23.3 Å². The summed E-state index contributed by atoms with van der Waals surface area (Å²) in [5.74, 6) is -6.55. The number of pyridine rings is 3. The lowest BCUT2D eigenvalue weighted by atomic mass is 10.0. The fourth-order valence-corrected chi connectivity index (χ4v) is 4.76. The monoisotopic (exact) mass is 593 g/mol. The molecule has 1 aliphatic rings. The molecule has 4 heterocycles. The van der Waals surface area contributed by atoms with E-state index in [0.29, 0.717) is 12.1 Å². The summed E-state index contributed by atoms with van der Waals surface area (Å²) in [6.07, 6.45) is -1.31. The van der Waals surface area contributed by atoms with Gasteiger partial charge in [-0.3, -0.25) is 0 Å². The average molecular weight is 593 g/mol. The van der Waals surface area contributed by atoms with Crippen molar-refractivity contribution >= 4 is 23.3 Å². The lowest BCUT2D eigenvalue weighted by molar-refractivity contribution is -0.0599. The van der Waals surface area contributed by atoms with Gasteiger partial charge < -0.3 is 0 Å². The summed E-state index contributed by atoms with van der Waals surface area (Å²) in [4.78, 5) is 16.7. The summed E-state index contributed by atoms with van der Waals surface area (Å²) in [5.41, 5.74) is -0.705. The first kappa shape index (κ1) is 27.8. The summed E-state index contributed by atoms with van der Waals surface area (Å²) in [6, 6.07) is 15.3. The zero-order chi connectivity index (χ0) is 30.4. The molecule has 0 atom stereocenters. The third-order valence-corrected chi connectivity index (χ3v) is 6.54. The van der Waals surface area contributed by atoms with E-state index in [4.69, 9.17) is 0 Å². The lowest BCUT2D eigenvalue weighted by Crippen LogP contribution is -2.45. The number of alkyl halides is 3. The predicted molar refractivity (Wildman–Crippen MR) is 145 cm³/mol. The van der Waals surface area contributed by atoms with E-state index in [1.54, 1.807) is 0 Å². The van der Waals surface area contributed by atoms with Crippen LogP contribution < -0.4 is 4.59 Å². The molecule has 2 aromatic carbocycles. The van der Waals surface area contributed by atoms with Crippen molar-refractivity contribution in [1.82, 2.24) is 19.5 Å². The van der Waals surface area contributed by atoms with Crippen LogP contribution in [-0.4, -0.2) is 32.8 Å². The van der Waals surface area contributed by atoms with Gasteiger partial charge in [-0.15, -0.1) is 0 Å². The third kappa shape index (κ3) is 4.83. The van der Waals surface area contributed by atoms with E-state index < -0.39 is 45.7 Å². The Hall–Kier alpha value is -5.30. The minimum Gasteiger partial charge on any atom is -0.249 e. The number of benzene rings is 2. The lowest BCUT2D eigenvalue weighted by Gasteiger charge is -2.29. The molecule has 214 valence electrons. The number of quaternary nitrogens is 1. The molecule has 43 heavy (non-hydrogen) atoms. The number of hydrogen-bond donors (Lipinski definition) is 0. The summed E-state index contributed by atoms with van der Waals surface area (Å²) in [7, 11) is 0. The number of aromatic nitrogens is 3. The smallest absolute Gasteiger partial charge is 0.249 e. The quantitative estimate of drug-likeness (QED) is 0.155. The summed E-state index contributed by atoms with van der Waals surface area (Å²) in [5, 5.41) is 4.02. The van der Waals surface area contributed by atoms with Crippen molar-refractivity contribution in [3.8, 4) is 22.3 Å². The maximum absolute atomic E-state index is 15.2. The Morgan fingerprint density at radius 3 is 1.56 bits per heavy atom. The Morgan fingerprint density at radius 2 is 1.09 bits per heavy atom. The zero-order valence-corrected chi connectivity index (χ0v) is 21.6. The third-order valence-electron chi connectivity index (χ3n) is 6.54. The SMILES string of the molecule is Fc1ccc(-c2cccnc2[N+]2(c3ncccc3-c3ccc(F)cc3F)N=C(C(F)(F)F)N=C2c2ccccn2)c(F)c1. The molecule has 0 aliphatic carbocycles. The number of halogens is 7. The molecular weight excluding hydrogens is 577 g/mol. The number of rotatable bonds is 5. The molecule has 3 aromatic heterocycles. The molecule has 0 N–H and O–H groups in total. The predicted octanol–water partition coefficient (Wildman–Crippen LogP) is 7.74. The van der Waals surface area contributed by atoms with E-state index in [1.165, 1.54) is 61.1 Å². The van der Waals surface area contributed by atoms with Crippen LogP contribution >= 0.6 is 0 Å². The highest BCUT2D eigenvalue weighted by Crippen LogP contribution is 2.48. The Kier molecular flexibility index (Phi) is 6.81. The van der Waals surface area contributed by atoms with Crippen LogP contribution in [0.25, 0.3) is 22.3 Å². The highest BCUT2D eigenvalue weighted by atomic mass is 19.4. The van der Waals surface area contributed by atoms with Gasteiger partial charge in [-0.05, 0) is 70.4 Å². The molecule has 13 heteroatoms. The number of nitrogens with zero attached hydrogens (tertiary/aromatic N) is 6. The van der Waals surface area contributed by atoms with Crippen LogP contribution in [0.1, 0.15) is 5.69 Å². The molecule has 0 fully saturated rings. The molecule has 0 saturated heterocycles. The second kappa shape index (κ2) is 10.5. The molecule has 6 rings (SSSR count). The standard InChI is InChI=1S/C30H16F7N6/c31-17-8-10-19(23(33)15-17)21-5-3-13-39-26(21)43(27-22(6-4-14-40-27)20-11-9-18(32)16-24(20)34)28(25-7-1-2-12-38-25)41-29(42-43)30(35,36)37/h1-16H/q+1. The normalized spacial score (nSPS) is 14.4. The van der Waals surface area contributed by atoms with Gasteiger partial charge in [0, 0.05) is 41.9 Å². The van der Waals surface area contributed by atoms with Crippen LogP contribution in [0.2, 0.25) is 0 Å². The van der Waals surface area contributed by atoms with E-state index in [9.17, 15) is 22.0 Å². The maximum Gasteiger partial charge on any atom is 0.457 e. The average Bonchev–Trinajstić information content (AvgIpc) is 3.40. The Labute approximate surface area is 238 Å². The fourth-order valence-electron chi connectivity index (χ4n) is 4.76. The Bertz CT molecular complexity index is 1830. The zero-order valence-electron chi connectivity index (χ0n) is 21.6. The van der Waals surface area contributed by atoms with Gasteiger partial charge in [0.05, 0.1) is 11.1 Å². The molecule has 0 saturated carbocycles. The van der Waals surface area contributed by atoms with Crippen molar-refractivity contribution in [1.29, 1.82) is 0 Å². The first-order valence-electron chi connectivity index (χ1n) is 12.5. The Morgan fingerprint density at radius 1 is 0.558 bits per heavy atom. The van der Waals surface area contributed by atoms with Gasteiger partial charge in [-0.2, -0.15) is 18.2 Å². The highest BCUT2D eigenvalue weighted by molar-refractivity contribution is 6.19. The van der Waals surface area contributed by atoms with Crippen molar-refractivity contribution in [3.63, 3.8) is 0 Å². The van der Waals surface area contributed by atoms with E-state index in [0.717, 1.165) is 24.3 Å². The molecule has 0 radical (unpaired) electrons. The van der Waals surface area contributed by atoms with Crippen molar-refractivity contribution in [3.05, 3.63) is 126 Å². The molecule has 0 amide bonds. The number of hydrogen-bond acceptors (Lipinski definition) is 5. The van der Waals surface area contributed by atoms with E-state index in [2.05, 4.69) is 25.0 Å². The molecular formula is C30H16F7N6+. The first-order valence-corrected chi connectivity index (χ1v) is 12.5. The van der Waals surface area contributed by atoms with Gasteiger partial charge in [0.2, 0.25) is 0 Å². The molecule has 0 unspecified atom stereocenters. The van der Waals surface area contributed by atoms with Gasteiger partial charge >= 0.3 is 6.18 Å². The Balaban J connectivity index is 1.78. The van der Waals surface area contributed by atoms with Crippen molar-refractivity contribution in [2.75, 3.05) is 0 Å². The number of amidine groups is 2. The summed E-state index contributed by atoms with van der Waals surface area (Å²) >= 11 is 0. The van der Waals surface area contributed by atoms with Crippen LogP contribution in [0.15, 0.2) is 108 Å².